The van der Waals surface area contributed by atoms with Crippen molar-refractivity contribution in [1.29, 1.82) is 0 Å². The zero-order valence-corrected chi connectivity index (χ0v) is 65.6. The third kappa shape index (κ3) is 53.3. The van der Waals surface area contributed by atoms with E-state index in [1.54, 1.807) is 6.08 Å². The third-order valence-electron chi connectivity index (χ3n) is 20.9. The van der Waals surface area contributed by atoms with E-state index in [4.69, 9.17) is 18.9 Å². The van der Waals surface area contributed by atoms with Gasteiger partial charge in [-0.05, 0) is 64.2 Å². The summed E-state index contributed by atoms with van der Waals surface area (Å²) in [5, 5.41) is 87.8. The van der Waals surface area contributed by atoms with Crippen molar-refractivity contribution in [1.82, 2.24) is 5.32 Å². The molecule has 0 saturated carbocycles. The molecule has 12 atom stereocenters. The van der Waals surface area contributed by atoms with Crippen LogP contribution in [0.1, 0.15) is 386 Å². The predicted octanol–water partition coefficient (Wildman–Crippen LogP) is 20.5. The molecule has 0 bridgehead atoms. The van der Waals surface area contributed by atoms with Crippen molar-refractivity contribution < 1.29 is 64.6 Å². The van der Waals surface area contributed by atoms with Gasteiger partial charge in [0, 0.05) is 6.42 Å². The molecule has 14 nitrogen and oxygen atoms in total. The Morgan fingerprint density at radius 3 is 1.04 bits per heavy atom. The molecule has 0 radical (unpaired) electrons. The summed E-state index contributed by atoms with van der Waals surface area (Å²) in [6.45, 7) is 2.75. The fraction of sp³-hybridized carbons (Fsp3) is 0.852. The lowest BCUT2D eigenvalue weighted by Crippen LogP contribution is -2.65. The van der Waals surface area contributed by atoms with E-state index in [-0.39, 0.29) is 18.9 Å². The normalized spacial score (nSPS) is 22.0. The summed E-state index contributed by atoms with van der Waals surface area (Å²) in [5.41, 5.74) is 0. The van der Waals surface area contributed by atoms with E-state index in [9.17, 15) is 45.6 Å². The van der Waals surface area contributed by atoms with Crippen LogP contribution in [0.2, 0.25) is 0 Å². The van der Waals surface area contributed by atoms with Crippen molar-refractivity contribution in [3.63, 3.8) is 0 Å². The number of carbonyl (C=O) groups excluding carboxylic acids is 1. The number of unbranched alkanes of at least 4 members (excludes halogenated alkanes) is 50. The number of hydrogen-bond donors (Lipinski definition) is 9. The number of aliphatic hydroxyl groups is 8. The van der Waals surface area contributed by atoms with Crippen LogP contribution in [-0.4, -0.2) is 140 Å². The summed E-state index contributed by atoms with van der Waals surface area (Å²) in [4.78, 5) is 13.4. The molecule has 2 heterocycles. The second-order valence-corrected chi connectivity index (χ2v) is 30.3. The summed E-state index contributed by atoms with van der Waals surface area (Å²) in [7, 11) is 0. The van der Waals surface area contributed by atoms with Crippen molar-refractivity contribution in [3.05, 3.63) is 72.9 Å². The van der Waals surface area contributed by atoms with Crippen LogP contribution >= 0.6 is 0 Å². The zero-order chi connectivity index (χ0) is 73.7. The Morgan fingerprint density at radius 1 is 0.363 bits per heavy atom. The van der Waals surface area contributed by atoms with Crippen LogP contribution in [-0.2, 0) is 23.7 Å². The lowest BCUT2D eigenvalue weighted by atomic mass is 9.97. The molecular weight excluding hydrogens is 1280 g/mol. The van der Waals surface area contributed by atoms with Gasteiger partial charge in [-0.2, -0.15) is 0 Å². The quantitative estimate of drug-likeness (QED) is 0.0204. The van der Waals surface area contributed by atoms with Crippen LogP contribution in [0.4, 0.5) is 0 Å². The summed E-state index contributed by atoms with van der Waals surface area (Å²) in [5.74, 6) is -0.232. The molecule has 0 aromatic heterocycles. The zero-order valence-electron chi connectivity index (χ0n) is 65.6. The Bertz CT molecular complexity index is 1990. The predicted molar refractivity (Wildman–Crippen MR) is 424 cm³/mol. The lowest BCUT2D eigenvalue weighted by molar-refractivity contribution is -0.359. The Morgan fingerprint density at radius 2 is 0.676 bits per heavy atom. The Balaban J connectivity index is 1.57. The number of ether oxygens (including phenoxy) is 4. The van der Waals surface area contributed by atoms with Gasteiger partial charge in [0.15, 0.2) is 12.6 Å². The maximum Gasteiger partial charge on any atom is 0.220 e. The monoisotopic (exact) mass is 1440 g/mol. The van der Waals surface area contributed by atoms with Gasteiger partial charge in [-0.1, -0.05) is 389 Å². The summed E-state index contributed by atoms with van der Waals surface area (Å²) >= 11 is 0. The third-order valence-corrected chi connectivity index (χ3v) is 20.9. The van der Waals surface area contributed by atoms with E-state index in [1.165, 1.54) is 289 Å². The van der Waals surface area contributed by atoms with Gasteiger partial charge in [0.05, 0.1) is 32.0 Å². The van der Waals surface area contributed by atoms with Crippen molar-refractivity contribution in [2.24, 2.45) is 0 Å². The van der Waals surface area contributed by atoms with E-state index in [1.807, 2.05) is 6.08 Å². The number of hydrogen-bond acceptors (Lipinski definition) is 13. The molecular formula is C88H161NO13. The van der Waals surface area contributed by atoms with Crippen molar-refractivity contribution in [2.45, 2.75) is 460 Å². The summed E-state index contributed by atoms with van der Waals surface area (Å²) < 4.78 is 23.0. The number of amides is 1. The average Bonchev–Trinajstić information content (AvgIpc) is 0.790. The molecule has 102 heavy (non-hydrogen) atoms. The highest BCUT2D eigenvalue weighted by Gasteiger charge is 2.51. The minimum absolute atomic E-state index is 0.232. The first-order valence-electron chi connectivity index (χ1n) is 43.2. The molecule has 2 aliphatic rings. The minimum atomic E-state index is -1.79. The molecule has 12 unspecified atom stereocenters. The molecule has 2 saturated heterocycles. The van der Waals surface area contributed by atoms with E-state index in [0.717, 1.165) is 70.6 Å². The van der Waals surface area contributed by atoms with E-state index >= 15 is 0 Å². The van der Waals surface area contributed by atoms with Gasteiger partial charge >= 0.3 is 0 Å². The number of allylic oxidation sites excluding steroid dienone is 11. The molecule has 0 spiro atoms. The van der Waals surface area contributed by atoms with Gasteiger partial charge in [0.1, 0.15) is 48.8 Å². The van der Waals surface area contributed by atoms with E-state index in [2.05, 4.69) is 79.9 Å². The first kappa shape index (κ1) is 95.5. The SMILES string of the molecule is CC/C=C\C/C=C\C/C=C\C/C=C\C/C=C\CCCCCCCCCCCCCCCCCCCCCCCCCC(=O)NC(COC1OC(CO)C(OC2OC(CO)C(O)C(O)C2O)C(O)C1O)C(O)/C=C/CCCCCCCCCCCCCCCCCCCCCCCCCCCCC. The molecule has 596 valence electrons. The maximum absolute atomic E-state index is 13.4. The second kappa shape index (κ2) is 71.4. The Labute approximate surface area is 625 Å². The number of nitrogens with one attached hydrogen (secondary N) is 1. The van der Waals surface area contributed by atoms with E-state index in [0.29, 0.717) is 6.42 Å². The lowest BCUT2D eigenvalue weighted by Gasteiger charge is -2.46. The smallest absolute Gasteiger partial charge is 0.220 e. The van der Waals surface area contributed by atoms with Crippen LogP contribution in [0, 0.1) is 0 Å². The van der Waals surface area contributed by atoms with Gasteiger partial charge < -0.3 is 65.1 Å². The first-order valence-corrected chi connectivity index (χ1v) is 43.2. The van der Waals surface area contributed by atoms with Crippen LogP contribution < -0.4 is 5.32 Å². The highest BCUT2D eigenvalue weighted by Crippen LogP contribution is 2.30. The fourth-order valence-electron chi connectivity index (χ4n) is 14.1. The van der Waals surface area contributed by atoms with Gasteiger partial charge in [0.25, 0.3) is 0 Å². The number of rotatable bonds is 73. The van der Waals surface area contributed by atoms with Gasteiger partial charge in [0.2, 0.25) is 5.91 Å². The molecule has 2 rings (SSSR count). The van der Waals surface area contributed by atoms with Crippen LogP contribution in [0.25, 0.3) is 0 Å². The van der Waals surface area contributed by atoms with Crippen molar-refractivity contribution in [2.75, 3.05) is 19.8 Å². The van der Waals surface area contributed by atoms with E-state index < -0.39 is 86.8 Å². The molecule has 0 aromatic rings. The molecule has 9 N–H and O–H groups in total. The van der Waals surface area contributed by atoms with Crippen LogP contribution in [0.5, 0.6) is 0 Å². The number of aliphatic hydroxyl groups excluding tert-OH is 8. The van der Waals surface area contributed by atoms with Crippen LogP contribution in [0.15, 0.2) is 72.9 Å². The summed E-state index contributed by atoms with van der Waals surface area (Å²) in [6, 6.07) is -0.917. The van der Waals surface area contributed by atoms with Crippen molar-refractivity contribution >= 4 is 5.91 Å². The number of carbonyl (C=O) groups is 1. The van der Waals surface area contributed by atoms with Gasteiger partial charge in [-0.15, -0.1) is 0 Å². The highest BCUT2D eigenvalue weighted by atomic mass is 16.7. The highest BCUT2D eigenvalue weighted by molar-refractivity contribution is 5.76. The average molecular weight is 1440 g/mol. The van der Waals surface area contributed by atoms with Gasteiger partial charge in [-0.25, -0.2) is 0 Å². The maximum atomic E-state index is 13.4. The molecule has 1 amide bonds. The molecule has 2 fully saturated rings. The minimum Gasteiger partial charge on any atom is -0.394 e. The molecule has 0 aliphatic carbocycles. The molecule has 2 aliphatic heterocycles. The van der Waals surface area contributed by atoms with Crippen molar-refractivity contribution in [3.8, 4) is 0 Å². The van der Waals surface area contributed by atoms with Gasteiger partial charge in [-0.3, -0.25) is 4.79 Å². The first-order chi connectivity index (χ1) is 50.1. The summed E-state index contributed by atoms with van der Waals surface area (Å²) in [6.07, 6.45) is 82.9. The second-order valence-electron chi connectivity index (χ2n) is 30.3. The largest absolute Gasteiger partial charge is 0.394 e. The topological polar surface area (TPSA) is 228 Å². The molecule has 14 heteroatoms. The Hall–Kier alpha value is -2.57. The Kier molecular flexibility index (Phi) is 66.8. The fourth-order valence-corrected chi connectivity index (χ4v) is 14.1. The van der Waals surface area contributed by atoms with Crippen LogP contribution in [0.3, 0.4) is 0 Å². The molecule has 0 aromatic carbocycles. The standard InChI is InChI=1S/C88H161NO13/c1-3-5-7-9-11-13-15-17-19-21-23-25-27-29-31-33-34-35-36-37-38-39-40-41-42-44-46-48-50-52-54-56-58-60-62-64-66-68-70-72-80(93)89-76(75-99-87-85(98)83(96)86(79(74-91)101-87)102-88-84(97)82(95)81(94)78(73-90)100-88)77(92)71-69-67-65-63-61-59-57-55-53-51-49-47-45-43-32-30-28-26-24-22-20-18-16-14-12-10-8-6-4-2/h5,7,11,13,17,19,23,25,29,31,69,71,76-79,81-88,90-92,94-98H,3-4,6,8-10,12,14-16,18,20-22,24,26-28,30,32-68,70,72-75H2,1-2H3,(H,89,93)/b7-5-,13-11-,19-17-,25-23-,31-29-,71-69+.